The summed E-state index contributed by atoms with van der Waals surface area (Å²) >= 11 is 0. The maximum atomic E-state index is 12.5. The van der Waals surface area contributed by atoms with Gasteiger partial charge in [0, 0.05) is 0 Å². The van der Waals surface area contributed by atoms with Crippen molar-refractivity contribution in [2.24, 2.45) is 0 Å². The predicted molar refractivity (Wildman–Crippen MR) is 80.8 cm³/mol. The molecule has 1 aromatic rings. The van der Waals surface area contributed by atoms with E-state index in [1.807, 2.05) is 36.4 Å². The minimum absolute atomic E-state index is 0.200. The lowest BCUT2D eigenvalue weighted by atomic mass is 10.1. The number of benzene rings is 1. The maximum Gasteiger partial charge on any atom is 0.412 e. The van der Waals surface area contributed by atoms with Crippen LogP contribution in [0.5, 0.6) is 0 Å². The molecule has 1 saturated heterocycles. The Bertz CT molecular complexity index is 650. The minimum Gasteiger partial charge on any atom is -0.444 e. The summed E-state index contributed by atoms with van der Waals surface area (Å²) in [5.41, 5.74) is 0.0910. The zero-order valence-electron chi connectivity index (χ0n) is 13.0. The highest BCUT2D eigenvalue weighted by molar-refractivity contribution is 5.70. The molecule has 1 heterocycles. The fourth-order valence-corrected chi connectivity index (χ4v) is 3.05. The van der Waals surface area contributed by atoms with E-state index in [1.165, 1.54) is 0 Å². The number of ether oxygens (including phenoxy) is 3. The third-order valence-corrected chi connectivity index (χ3v) is 4.05. The van der Waals surface area contributed by atoms with Crippen LogP contribution in [0.3, 0.4) is 0 Å². The molecule has 0 spiro atoms. The maximum absolute atomic E-state index is 12.5. The van der Waals surface area contributed by atoms with Crippen LogP contribution >= 0.6 is 0 Å². The first-order valence-electron chi connectivity index (χ1n) is 7.44. The molecule has 1 amide bonds. The predicted octanol–water partition coefficient (Wildman–Crippen LogP) is 2.56. The topological polar surface area (TPSA) is 71.8 Å². The highest BCUT2D eigenvalue weighted by atomic mass is 16.6. The van der Waals surface area contributed by atoms with Crippen molar-refractivity contribution in [3.05, 3.63) is 48.0 Å². The summed E-state index contributed by atoms with van der Waals surface area (Å²) in [7, 11) is 0. The summed E-state index contributed by atoms with van der Waals surface area (Å²) in [4.78, 5) is 14.1. The van der Waals surface area contributed by atoms with E-state index in [0.29, 0.717) is 0 Å². The molecule has 0 radical (unpaired) electrons. The van der Waals surface area contributed by atoms with Crippen molar-refractivity contribution in [1.29, 1.82) is 5.26 Å². The molecule has 120 valence electrons. The quantitative estimate of drug-likeness (QED) is 0.633. The summed E-state index contributed by atoms with van der Waals surface area (Å²) < 4.78 is 16.3. The molecule has 0 saturated carbocycles. The zero-order valence-corrected chi connectivity index (χ0v) is 13.0. The Kier molecular flexibility index (Phi) is 3.97. The Morgan fingerprint density at radius 1 is 1.35 bits per heavy atom. The van der Waals surface area contributed by atoms with E-state index in [1.54, 1.807) is 31.1 Å². The highest BCUT2D eigenvalue weighted by Crippen LogP contribution is 2.39. The standard InChI is InChI=1S/C17H18N2O4/c1-17(2)19(13-8-9-14(22-11-18)15(13)23-17)16(20)21-10-12-6-4-3-5-7-12/h3-9,13-15H,10H2,1-2H3/t13-,14-,15-/m0/s1. The summed E-state index contributed by atoms with van der Waals surface area (Å²) in [5, 5.41) is 8.70. The summed E-state index contributed by atoms with van der Waals surface area (Å²) in [6.07, 6.45) is 3.92. The van der Waals surface area contributed by atoms with Crippen molar-refractivity contribution in [3.8, 4) is 6.26 Å². The van der Waals surface area contributed by atoms with E-state index in [-0.39, 0.29) is 12.6 Å². The van der Waals surface area contributed by atoms with Gasteiger partial charge in [-0.25, -0.2) is 4.79 Å². The molecule has 23 heavy (non-hydrogen) atoms. The lowest BCUT2D eigenvalue weighted by Gasteiger charge is -2.31. The second-order valence-electron chi connectivity index (χ2n) is 5.99. The Labute approximate surface area is 134 Å². The number of rotatable bonds is 3. The molecular weight excluding hydrogens is 296 g/mol. The Hall–Kier alpha value is -2.52. The molecule has 6 nitrogen and oxygen atoms in total. The number of nitrogens with zero attached hydrogens (tertiary/aromatic N) is 2. The van der Waals surface area contributed by atoms with Crippen LogP contribution in [0, 0.1) is 11.5 Å². The summed E-state index contributed by atoms with van der Waals surface area (Å²) in [6.45, 7) is 3.80. The summed E-state index contributed by atoms with van der Waals surface area (Å²) in [6, 6.07) is 9.19. The van der Waals surface area contributed by atoms with E-state index < -0.39 is 24.0 Å². The number of hydrogen-bond acceptors (Lipinski definition) is 5. The van der Waals surface area contributed by atoms with Crippen LogP contribution in [0.4, 0.5) is 4.79 Å². The number of carbonyl (C=O) groups excluding carboxylic acids is 1. The lowest BCUT2D eigenvalue weighted by molar-refractivity contribution is -0.0912. The zero-order chi connectivity index (χ0) is 16.4. The van der Waals surface area contributed by atoms with E-state index in [0.717, 1.165) is 5.56 Å². The second-order valence-corrected chi connectivity index (χ2v) is 5.99. The van der Waals surface area contributed by atoms with Gasteiger partial charge in [-0.15, -0.1) is 0 Å². The highest BCUT2D eigenvalue weighted by Gasteiger charge is 2.54. The first kappa shape index (κ1) is 15.4. The molecule has 1 aromatic carbocycles. The Balaban J connectivity index is 1.70. The molecule has 0 unspecified atom stereocenters. The van der Waals surface area contributed by atoms with Gasteiger partial charge in [-0.05, 0) is 25.5 Å². The lowest BCUT2D eigenvalue weighted by Crippen LogP contribution is -2.47. The average Bonchev–Trinajstić information content (AvgIpc) is 3.01. The van der Waals surface area contributed by atoms with Crippen molar-refractivity contribution >= 4 is 6.09 Å². The largest absolute Gasteiger partial charge is 0.444 e. The molecule has 1 aliphatic heterocycles. The fraction of sp³-hybridized carbons (Fsp3) is 0.412. The van der Waals surface area contributed by atoms with Gasteiger partial charge in [0.1, 0.15) is 18.4 Å². The summed E-state index contributed by atoms with van der Waals surface area (Å²) in [5.74, 6) is 0. The van der Waals surface area contributed by atoms with E-state index in [2.05, 4.69) is 0 Å². The average molecular weight is 314 g/mol. The first-order valence-corrected chi connectivity index (χ1v) is 7.44. The molecule has 0 N–H and O–H groups in total. The number of nitriles is 1. The van der Waals surface area contributed by atoms with Crippen LogP contribution in [-0.4, -0.2) is 35.0 Å². The third kappa shape index (κ3) is 2.88. The normalized spacial score (nSPS) is 27.3. The van der Waals surface area contributed by atoms with Crippen molar-refractivity contribution < 1.29 is 19.0 Å². The number of hydrogen-bond donors (Lipinski definition) is 0. The van der Waals surface area contributed by atoms with E-state index >= 15 is 0 Å². The van der Waals surface area contributed by atoms with E-state index in [4.69, 9.17) is 19.5 Å². The molecular formula is C17H18N2O4. The number of amides is 1. The molecule has 1 fully saturated rings. The SMILES string of the molecule is CC1(C)O[C@@H]2[C@@H](OC#N)C=C[C@@H]2N1C(=O)OCc1ccccc1. The Morgan fingerprint density at radius 3 is 2.78 bits per heavy atom. The monoisotopic (exact) mass is 314 g/mol. The van der Waals surface area contributed by atoms with Gasteiger partial charge in [0.25, 0.3) is 6.26 Å². The molecule has 6 heteroatoms. The van der Waals surface area contributed by atoms with Gasteiger partial charge in [-0.3, -0.25) is 4.90 Å². The smallest absolute Gasteiger partial charge is 0.412 e. The van der Waals surface area contributed by atoms with Crippen LogP contribution in [0.15, 0.2) is 42.5 Å². The second kappa shape index (κ2) is 5.94. The van der Waals surface area contributed by atoms with Crippen molar-refractivity contribution in [3.63, 3.8) is 0 Å². The van der Waals surface area contributed by atoms with Crippen LogP contribution in [0.1, 0.15) is 19.4 Å². The van der Waals surface area contributed by atoms with Gasteiger partial charge in [0.2, 0.25) is 0 Å². The molecule has 0 aromatic heterocycles. The van der Waals surface area contributed by atoms with Gasteiger partial charge in [-0.1, -0.05) is 36.4 Å². The molecule has 3 atom stereocenters. The minimum atomic E-state index is -0.828. The molecule has 3 rings (SSSR count). The fourth-order valence-electron chi connectivity index (χ4n) is 3.05. The van der Waals surface area contributed by atoms with Crippen molar-refractivity contribution in [1.82, 2.24) is 4.90 Å². The van der Waals surface area contributed by atoms with Crippen molar-refractivity contribution in [2.45, 2.75) is 44.4 Å². The van der Waals surface area contributed by atoms with Crippen LogP contribution < -0.4 is 0 Å². The van der Waals surface area contributed by atoms with Gasteiger partial charge in [-0.2, -0.15) is 5.26 Å². The van der Waals surface area contributed by atoms with E-state index in [9.17, 15) is 4.79 Å². The third-order valence-electron chi connectivity index (χ3n) is 4.05. The molecule has 2 aliphatic rings. The number of carbonyl (C=O) groups is 1. The van der Waals surface area contributed by atoms with Crippen LogP contribution in [0.25, 0.3) is 0 Å². The first-order chi connectivity index (χ1) is 11.0. The van der Waals surface area contributed by atoms with Gasteiger partial charge < -0.3 is 14.2 Å². The Morgan fingerprint density at radius 2 is 2.09 bits per heavy atom. The van der Waals surface area contributed by atoms with Crippen LogP contribution in [0.2, 0.25) is 0 Å². The van der Waals surface area contributed by atoms with Crippen LogP contribution in [-0.2, 0) is 20.8 Å². The van der Waals surface area contributed by atoms with Gasteiger partial charge in [0.05, 0.1) is 6.04 Å². The van der Waals surface area contributed by atoms with Gasteiger partial charge >= 0.3 is 6.09 Å². The molecule has 0 bridgehead atoms. The van der Waals surface area contributed by atoms with Crippen molar-refractivity contribution in [2.75, 3.05) is 0 Å². The van der Waals surface area contributed by atoms with Gasteiger partial charge in [0.15, 0.2) is 6.10 Å². The molecule has 1 aliphatic carbocycles. The number of fused-ring (bicyclic) bond motifs is 1.